The van der Waals surface area contributed by atoms with Crippen LogP contribution in [0, 0.1) is 0 Å². The van der Waals surface area contributed by atoms with Gasteiger partial charge in [0, 0.05) is 41.3 Å². The van der Waals surface area contributed by atoms with Crippen LogP contribution in [0.3, 0.4) is 0 Å². The fraction of sp³-hybridized carbons (Fsp3) is 0.0667. The second kappa shape index (κ2) is 8.70. The van der Waals surface area contributed by atoms with E-state index in [2.05, 4.69) is 52.0 Å². The first-order valence-electron chi connectivity index (χ1n) is 11.7. The predicted octanol–water partition coefficient (Wildman–Crippen LogP) is 5.72. The molecule has 0 saturated heterocycles. The highest BCUT2D eigenvalue weighted by Gasteiger charge is 2.17. The molecule has 0 aliphatic carbocycles. The van der Waals surface area contributed by atoms with E-state index >= 15 is 0 Å². The molecule has 0 atom stereocenters. The SMILES string of the molecule is NCc1ccc(Cn2cc(-c3nc4c(-c5ccccc5)cccc4[nH]c3=O)c3ccccc32)cc1. The molecule has 2 aromatic heterocycles. The molecule has 5 heteroatoms. The van der Waals surface area contributed by atoms with E-state index in [4.69, 9.17) is 10.7 Å². The fourth-order valence-electron chi connectivity index (χ4n) is 4.69. The van der Waals surface area contributed by atoms with E-state index in [0.717, 1.165) is 44.2 Å². The molecule has 5 nitrogen and oxygen atoms in total. The van der Waals surface area contributed by atoms with Gasteiger partial charge in [-0.15, -0.1) is 0 Å². The number of aromatic nitrogens is 3. The number of H-pyrrole nitrogens is 1. The zero-order valence-electron chi connectivity index (χ0n) is 19.1. The van der Waals surface area contributed by atoms with Gasteiger partial charge >= 0.3 is 0 Å². The summed E-state index contributed by atoms with van der Waals surface area (Å²) in [6, 6.07) is 32.5. The molecule has 0 amide bonds. The summed E-state index contributed by atoms with van der Waals surface area (Å²) in [6.45, 7) is 1.21. The predicted molar refractivity (Wildman–Crippen MR) is 142 cm³/mol. The molecular weight excluding hydrogens is 432 g/mol. The Morgan fingerprint density at radius 2 is 1.51 bits per heavy atom. The van der Waals surface area contributed by atoms with Gasteiger partial charge in [0.1, 0.15) is 5.69 Å². The Balaban J connectivity index is 1.52. The van der Waals surface area contributed by atoms with Crippen molar-refractivity contribution in [2.24, 2.45) is 5.73 Å². The van der Waals surface area contributed by atoms with E-state index in [1.165, 1.54) is 5.56 Å². The minimum atomic E-state index is -0.196. The van der Waals surface area contributed by atoms with E-state index < -0.39 is 0 Å². The van der Waals surface area contributed by atoms with Crippen LogP contribution in [0.25, 0.3) is 44.3 Å². The molecule has 0 fully saturated rings. The Morgan fingerprint density at radius 1 is 0.771 bits per heavy atom. The Morgan fingerprint density at radius 3 is 2.31 bits per heavy atom. The van der Waals surface area contributed by atoms with Crippen molar-refractivity contribution in [3.05, 3.63) is 125 Å². The Kier molecular flexibility index (Phi) is 5.24. The number of benzene rings is 4. The van der Waals surface area contributed by atoms with Crippen LogP contribution < -0.4 is 11.3 Å². The van der Waals surface area contributed by atoms with Gasteiger partial charge in [-0.05, 0) is 28.8 Å². The summed E-state index contributed by atoms with van der Waals surface area (Å²) in [5.74, 6) is 0. The quantitative estimate of drug-likeness (QED) is 0.348. The Labute approximate surface area is 202 Å². The lowest BCUT2D eigenvalue weighted by atomic mass is 10.0. The van der Waals surface area contributed by atoms with Gasteiger partial charge in [0.25, 0.3) is 5.56 Å². The molecule has 35 heavy (non-hydrogen) atoms. The average molecular weight is 457 g/mol. The number of nitrogens with one attached hydrogen (secondary N) is 1. The van der Waals surface area contributed by atoms with Crippen molar-refractivity contribution in [3.63, 3.8) is 0 Å². The van der Waals surface area contributed by atoms with Crippen LogP contribution >= 0.6 is 0 Å². The maximum atomic E-state index is 13.2. The molecule has 0 saturated carbocycles. The van der Waals surface area contributed by atoms with Gasteiger partial charge in [-0.3, -0.25) is 4.79 Å². The van der Waals surface area contributed by atoms with Gasteiger partial charge < -0.3 is 15.3 Å². The van der Waals surface area contributed by atoms with Crippen LogP contribution in [0.1, 0.15) is 11.1 Å². The number of nitrogens with two attached hydrogens (primary N) is 1. The maximum Gasteiger partial charge on any atom is 0.275 e. The first-order chi connectivity index (χ1) is 17.2. The number of nitrogens with zero attached hydrogens (tertiary/aromatic N) is 2. The molecule has 0 aliphatic rings. The van der Waals surface area contributed by atoms with Crippen LogP contribution in [0.5, 0.6) is 0 Å². The van der Waals surface area contributed by atoms with Gasteiger partial charge in [-0.25, -0.2) is 4.98 Å². The van der Waals surface area contributed by atoms with Crippen molar-refractivity contribution in [2.75, 3.05) is 0 Å². The van der Waals surface area contributed by atoms with Crippen molar-refractivity contribution < 1.29 is 0 Å². The monoisotopic (exact) mass is 456 g/mol. The van der Waals surface area contributed by atoms with E-state index in [9.17, 15) is 4.79 Å². The molecule has 4 aromatic carbocycles. The number of hydrogen-bond donors (Lipinski definition) is 2. The molecule has 2 heterocycles. The fourth-order valence-corrected chi connectivity index (χ4v) is 4.69. The van der Waals surface area contributed by atoms with E-state index in [1.807, 2.05) is 60.8 Å². The summed E-state index contributed by atoms with van der Waals surface area (Å²) in [5, 5.41) is 1.00. The largest absolute Gasteiger partial charge is 0.342 e. The van der Waals surface area contributed by atoms with Crippen LogP contribution in [0.15, 0.2) is 108 Å². The van der Waals surface area contributed by atoms with E-state index in [1.54, 1.807) is 0 Å². The lowest BCUT2D eigenvalue weighted by molar-refractivity contribution is 0.836. The van der Waals surface area contributed by atoms with Crippen LogP contribution in [0.4, 0.5) is 0 Å². The van der Waals surface area contributed by atoms with Gasteiger partial charge in [0.05, 0.1) is 11.0 Å². The third-order valence-corrected chi connectivity index (χ3v) is 6.46. The average Bonchev–Trinajstić information content (AvgIpc) is 3.27. The molecule has 0 unspecified atom stereocenters. The number of rotatable bonds is 5. The smallest absolute Gasteiger partial charge is 0.275 e. The standard InChI is InChI=1S/C30H24N4O/c31-17-20-13-15-21(16-14-20)18-34-19-25(24-9-4-5-12-27(24)34)29-30(35)32-26-11-6-10-23(28(26)33-29)22-7-2-1-3-8-22/h1-16,19H,17-18,31H2,(H,32,35). The Bertz CT molecular complexity index is 1710. The normalized spacial score (nSPS) is 11.3. The van der Waals surface area contributed by atoms with Gasteiger partial charge in [-0.1, -0.05) is 84.9 Å². The Hall–Kier alpha value is -4.48. The second-order valence-electron chi connectivity index (χ2n) is 8.69. The molecule has 6 rings (SSSR count). The second-order valence-corrected chi connectivity index (χ2v) is 8.69. The zero-order chi connectivity index (χ0) is 23.8. The highest BCUT2D eigenvalue weighted by atomic mass is 16.1. The van der Waals surface area contributed by atoms with Crippen molar-refractivity contribution in [2.45, 2.75) is 13.1 Å². The third kappa shape index (κ3) is 3.82. The van der Waals surface area contributed by atoms with Crippen LogP contribution in [-0.4, -0.2) is 14.5 Å². The molecule has 6 aromatic rings. The molecule has 0 radical (unpaired) electrons. The van der Waals surface area contributed by atoms with Crippen molar-refractivity contribution in [1.82, 2.24) is 14.5 Å². The maximum absolute atomic E-state index is 13.2. The van der Waals surface area contributed by atoms with Crippen molar-refractivity contribution >= 4 is 21.9 Å². The van der Waals surface area contributed by atoms with Crippen LogP contribution in [-0.2, 0) is 13.1 Å². The molecule has 0 aliphatic heterocycles. The molecule has 0 spiro atoms. The highest BCUT2D eigenvalue weighted by molar-refractivity contribution is 5.97. The highest BCUT2D eigenvalue weighted by Crippen LogP contribution is 2.31. The number of fused-ring (bicyclic) bond motifs is 2. The van der Waals surface area contributed by atoms with Crippen molar-refractivity contribution in [1.29, 1.82) is 0 Å². The van der Waals surface area contributed by atoms with E-state index in [-0.39, 0.29) is 5.56 Å². The number of para-hydroxylation sites is 2. The topological polar surface area (TPSA) is 76.7 Å². The molecular formula is C30H24N4O. The van der Waals surface area contributed by atoms with Gasteiger partial charge in [0.15, 0.2) is 0 Å². The number of aromatic amines is 1. The minimum Gasteiger partial charge on any atom is -0.342 e. The molecule has 0 bridgehead atoms. The molecule has 3 N–H and O–H groups in total. The van der Waals surface area contributed by atoms with Crippen LogP contribution in [0.2, 0.25) is 0 Å². The summed E-state index contributed by atoms with van der Waals surface area (Å²) in [5.41, 5.74) is 13.7. The minimum absolute atomic E-state index is 0.196. The number of hydrogen-bond acceptors (Lipinski definition) is 3. The summed E-state index contributed by atoms with van der Waals surface area (Å²) in [4.78, 5) is 21.2. The first kappa shape index (κ1) is 21.1. The summed E-state index contributed by atoms with van der Waals surface area (Å²) in [7, 11) is 0. The lowest BCUT2D eigenvalue weighted by Gasteiger charge is -2.08. The summed E-state index contributed by atoms with van der Waals surface area (Å²) in [6.07, 6.45) is 2.04. The van der Waals surface area contributed by atoms with Crippen molar-refractivity contribution in [3.8, 4) is 22.4 Å². The van der Waals surface area contributed by atoms with Gasteiger partial charge in [-0.2, -0.15) is 0 Å². The summed E-state index contributed by atoms with van der Waals surface area (Å²) < 4.78 is 2.18. The van der Waals surface area contributed by atoms with Gasteiger partial charge in [0.2, 0.25) is 0 Å². The summed E-state index contributed by atoms with van der Waals surface area (Å²) >= 11 is 0. The third-order valence-electron chi connectivity index (χ3n) is 6.46. The lowest BCUT2D eigenvalue weighted by Crippen LogP contribution is -2.11. The molecule has 170 valence electrons. The van der Waals surface area contributed by atoms with E-state index in [0.29, 0.717) is 18.8 Å². The first-order valence-corrected chi connectivity index (χ1v) is 11.7. The zero-order valence-corrected chi connectivity index (χ0v) is 19.1.